The van der Waals surface area contributed by atoms with Gasteiger partial charge < -0.3 is 5.73 Å². The third kappa shape index (κ3) is 1.93. The van der Waals surface area contributed by atoms with Crippen LogP contribution in [-0.2, 0) is 0 Å². The molecular weight excluding hydrogens is 196 g/mol. The molecule has 2 nitrogen and oxygen atoms in total. The Bertz CT molecular complexity index is 472. The third-order valence-electron chi connectivity index (χ3n) is 3.13. The zero-order valence-electron chi connectivity index (χ0n) is 9.85. The fourth-order valence-electron chi connectivity index (χ4n) is 2.25. The van der Waals surface area contributed by atoms with Crippen LogP contribution < -0.4 is 5.73 Å². The van der Waals surface area contributed by atoms with E-state index in [0.29, 0.717) is 5.92 Å². The topological polar surface area (TPSA) is 38.9 Å². The van der Waals surface area contributed by atoms with Crippen LogP contribution in [-0.4, -0.2) is 11.0 Å². The van der Waals surface area contributed by atoms with E-state index in [9.17, 15) is 0 Å². The average Bonchev–Trinajstić information content (AvgIpc) is 2.30. The first-order chi connectivity index (χ1) is 7.74. The molecule has 2 N–H and O–H groups in total. The second-order valence-corrected chi connectivity index (χ2v) is 4.29. The molecule has 2 unspecified atom stereocenters. The monoisotopic (exact) mass is 214 g/mol. The van der Waals surface area contributed by atoms with E-state index in [-0.39, 0.29) is 6.04 Å². The Kier molecular flexibility index (Phi) is 3.20. The Labute approximate surface area is 96.5 Å². The summed E-state index contributed by atoms with van der Waals surface area (Å²) >= 11 is 0. The molecule has 0 amide bonds. The molecular formula is C14H18N2. The zero-order valence-corrected chi connectivity index (χ0v) is 9.85. The maximum absolute atomic E-state index is 6.03. The molecule has 0 aliphatic rings. The Morgan fingerprint density at radius 2 is 2.00 bits per heavy atom. The largest absolute Gasteiger partial charge is 0.327 e. The van der Waals surface area contributed by atoms with Crippen molar-refractivity contribution in [2.75, 3.05) is 0 Å². The Balaban J connectivity index is 2.59. The molecule has 0 aliphatic carbocycles. The lowest BCUT2D eigenvalue weighted by Crippen LogP contribution is -2.25. The maximum atomic E-state index is 6.03. The second-order valence-electron chi connectivity index (χ2n) is 4.29. The van der Waals surface area contributed by atoms with Crippen LogP contribution in [0.15, 0.2) is 36.5 Å². The van der Waals surface area contributed by atoms with Crippen molar-refractivity contribution in [1.29, 1.82) is 0 Å². The van der Waals surface area contributed by atoms with Crippen LogP contribution in [0.2, 0.25) is 0 Å². The fourth-order valence-corrected chi connectivity index (χ4v) is 2.25. The van der Waals surface area contributed by atoms with Gasteiger partial charge in [-0.15, -0.1) is 0 Å². The summed E-state index contributed by atoms with van der Waals surface area (Å²) in [6.07, 6.45) is 2.90. The average molecular weight is 214 g/mol. The lowest BCUT2D eigenvalue weighted by atomic mass is 9.91. The van der Waals surface area contributed by atoms with Crippen LogP contribution in [0.1, 0.15) is 31.9 Å². The predicted molar refractivity (Wildman–Crippen MR) is 68.4 cm³/mol. The number of pyridine rings is 1. The lowest BCUT2D eigenvalue weighted by molar-refractivity contribution is 0.544. The molecule has 0 saturated carbocycles. The number of rotatable bonds is 3. The van der Waals surface area contributed by atoms with Gasteiger partial charge in [-0.2, -0.15) is 0 Å². The van der Waals surface area contributed by atoms with Crippen LogP contribution >= 0.6 is 0 Å². The predicted octanol–water partition coefficient (Wildman–Crippen LogP) is 3.08. The van der Waals surface area contributed by atoms with Crippen LogP contribution in [0.5, 0.6) is 0 Å². The number of nitrogens with zero attached hydrogens (tertiary/aromatic N) is 1. The minimum atomic E-state index is 0.142. The first kappa shape index (κ1) is 11.1. The summed E-state index contributed by atoms with van der Waals surface area (Å²) in [5.41, 5.74) is 7.17. The minimum absolute atomic E-state index is 0.142. The number of nitrogens with two attached hydrogens (primary N) is 1. The SMILES string of the molecule is CCC(c1nccc2ccccc12)C(C)N. The molecule has 1 aromatic heterocycles. The Morgan fingerprint density at radius 1 is 1.25 bits per heavy atom. The van der Waals surface area contributed by atoms with Crippen molar-refractivity contribution in [3.8, 4) is 0 Å². The first-order valence-electron chi connectivity index (χ1n) is 5.83. The van der Waals surface area contributed by atoms with Gasteiger partial charge in [0.1, 0.15) is 0 Å². The van der Waals surface area contributed by atoms with Crippen molar-refractivity contribution in [3.63, 3.8) is 0 Å². The van der Waals surface area contributed by atoms with Crippen molar-refractivity contribution in [2.24, 2.45) is 5.73 Å². The molecule has 1 aromatic carbocycles. The van der Waals surface area contributed by atoms with Crippen molar-refractivity contribution in [3.05, 3.63) is 42.2 Å². The van der Waals surface area contributed by atoms with Gasteiger partial charge in [-0.1, -0.05) is 31.2 Å². The fraction of sp³-hybridized carbons (Fsp3) is 0.357. The van der Waals surface area contributed by atoms with E-state index in [1.54, 1.807) is 0 Å². The van der Waals surface area contributed by atoms with Gasteiger partial charge in [0.2, 0.25) is 0 Å². The highest BCUT2D eigenvalue weighted by atomic mass is 14.7. The van der Waals surface area contributed by atoms with Gasteiger partial charge >= 0.3 is 0 Å². The number of fused-ring (bicyclic) bond motifs is 1. The molecule has 0 fully saturated rings. The molecule has 0 aliphatic heterocycles. The molecule has 0 bridgehead atoms. The van der Waals surface area contributed by atoms with Gasteiger partial charge in [0.15, 0.2) is 0 Å². The highest BCUT2D eigenvalue weighted by Gasteiger charge is 2.17. The third-order valence-corrected chi connectivity index (χ3v) is 3.13. The van der Waals surface area contributed by atoms with Gasteiger partial charge in [0, 0.05) is 23.5 Å². The molecule has 84 valence electrons. The van der Waals surface area contributed by atoms with Gasteiger partial charge in [-0.25, -0.2) is 0 Å². The van der Waals surface area contributed by atoms with Crippen molar-refractivity contribution >= 4 is 10.8 Å². The van der Waals surface area contributed by atoms with E-state index in [1.807, 2.05) is 12.3 Å². The summed E-state index contributed by atoms with van der Waals surface area (Å²) in [5.74, 6) is 0.339. The van der Waals surface area contributed by atoms with Crippen LogP contribution in [0.4, 0.5) is 0 Å². The van der Waals surface area contributed by atoms with Crippen molar-refractivity contribution in [2.45, 2.75) is 32.2 Å². The van der Waals surface area contributed by atoms with Crippen LogP contribution in [0.3, 0.4) is 0 Å². The maximum Gasteiger partial charge on any atom is 0.0527 e. The summed E-state index contributed by atoms with van der Waals surface area (Å²) < 4.78 is 0. The molecule has 0 spiro atoms. The Hall–Kier alpha value is -1.41. The van der Waals surface area contributed by atoms with E-state index in [2.05, 4.69) is 43.1 Å². The summed E-state index contributed by atoms with van der Waals surface area (Å²) in [4.78, 5) is 4.52. The quantitative estimate of drug-likeness (QED) is 0.852. The number of hydrogen-bond donors (Lipinski definition) is 1. The first-order valence-corrected chi connectivity index (χ1v) is 5.83. The molecule has 2 atom stereocenters. The number of benzene rings is 1. The van der Waals surface area contributed by atoms with Gasteiger partial charge in [0.05, 0.1) is 5.69 Å². The van der Waals surface area contributed by atoms with Crippen LogP contribution in [0, 0.1) is 0 Å². The van der Waals surface area contributed by atoms with Crippen LogP contribution in [0.25, 0.3) is 10.8 Å². The van der Waals surface area contributed by atoms with E-state index in [0.717, 1.165) is 12.1 Å². The normalized spacial score (nSPS) is 14.9. The summed E-state index contributed by atoms with van der Waals surface area (Å²) in [5, 5.41) is 2.47. The zero-order chi connectivity index (χ0) is 11.5. The molecule has 16 heavy (non-hydrogen) atoms. The minimum Gasteiger partial charge on any atom is -0.327 e. The van der Waals surface area contributed by atoms with E-state index in [4.69, 9.17) is 5.73 Å². The van der Waals surface area contributed by atoms with Crippen molar-refractivity contribution in [1.82, 2.24) is 4.98 Å². The lowest BCUT2D eigenvalue weighted by Gasteiger charge is -2.19. The number of hydrogen-bond acceptors (Lipinski definition) is 2. The molecule has 1 heterocycles. The summed E-state index contributed by atoms with van der Waals surface area (Å²) in [6, 6.07) is 10.5. The highest BCUT2D eigenvalue weighted by Crippen LogP contribution is 2.27. The Morgan fingerprint density at radius 3 is 2.69 bits per heavy atom. The number of aromatic nitrogens is 1. The van der Waals surface area contributed by atoms with E-state index >= 15 is 0 Å². The highest BCUT2D eigenvalue weighted by molar-refractivity contribution is 5.84. The smallest absolute Gasteiger partial charge is 0.0527 e. The molecule has 0 radical (unpaired) electrons. The van der Waals surface area contributed by atoms with Gasteiger partial charge in [-0.3, -0.25) is 4.98 Å². The summed E-state index contributed by atoms with van der Waals surface area (Å²) in [6.45, 7) is 4.22. The molecule has 2 rings (SSSR count). The summed E-state index contributed by atoms with van der Waals surface area (Å²) in [7, 11) is 0. The molecule has 2 aromatic rings. The molecule has 2 heteroatoms. The van der Waals surface area contributed by atoms with Gasteiger partial charge in [0.25, 0.3) is 0 Å². The second kappa shape index (κ2) is 4.62. The molecule has 0 saturated heterocycles. The van der Waals surface area contributed by atoms with E-state index in [1.165, 1.54) is 10.8 Å². The van der Waals surface area contributed by atoms with E-state index < -0.39 is 0 Å². The van der Waals surface area contributed by atoms with Crippen molar-refractivity contribution < 1.29 is 0 Å². The standard InChI is InChI=1S/C14H18N2/c1-3-12(10(2)15)14-13-7-5-4-6-11(13)8-9-16-14/h4-10,12H,3,15H2,1-2H3. The van der Waals surface area contributed by atoms with Gasteiger partial charge in [-0.05, 0) is 24.8 Å².